The normalized spacial score (nSPS) is 17.3. The van der Waals surface area contributed by atoms with Crippen molar-refractivity contribution in [3.05, 3.63) is 28.8 Å². The summed E-state index contributed by atoms with van der Waals surface area (Å²) in [5.74, 6) is 0.785. The number of phenolic OH excluding ortho intramolecular Hbond substituents is 1. The van der Waals surface area contributed by atoms with Gasteiger partial charge < -0.3 is 10.8 Å². The van der Waals surface area contributed by atoms with E-state index in [0.717, 1.165) is 18.4 Å². The third kappa shape index (κ3) is 2.32. The summed E-state index contributed by atoms with van der Waals surface area (Å²) in [6.45, 7) is 0. The van der Waals surface area contributed by atoms with E-state index in [1.54, 1.807) is 18.2 Å². The van der Waals surface area contributed by atoms with E-state index in [0.29, 0.717) is 10.9 Å². The lowest BCUT2D eigenvalue weighted by Gasteiger charge is -2.12. The van der Waals surface area contributed by atoms with Crippen LogP contribution in [0.1, 0.15) is 24.4 Å². The molecule has 0 spiro atoms. The fourth-order valence-corrected chi connectivity index (χ4v) is 1.68. The number of rotatable bonds is 2. The van der Waals surface area contributed by atoms with Crippen LogP contribution in [0.3, 0.4) is 0 Å². The number of hydrogen-bond donors (Lipinski definition) is 2. The maximum atomic E-state index is 9.54. The Balaban J connectivity index is 0.000000980. The van der Waals surface area contributed by atoms with Crippen LogP contribution in [0.2, 0.25) is 5.02 Å². The van der Waals surface area contributed by atoms with Crippen molar-refractivity contribution in [1.82, 2.24) is 0 Å². The van der Waals surface area contributed by atoms with Gasteiger partial charge >= 0.3 is 0 Å². The summed E-state index contributed by atoms with van der Waals surface area (Å²) >= 11 is 5.82. The van der Waals surface area contributed by atoms with Crippen molar-refractivity contribution in [3.63, 3.8) is 0 Å². The van der Waals surface area contributed by atoms with Crippen molar-refractivity contribution in [2.45, 2.75) is 18.9 Å². The van der Waals surface area contributed by atoms with Crippen LogP contribution in [-0.4, -0.2) is 5.11 Å². The molecule has 0 aliphatic heterocycles. The lowest BCUT2D eigenvalue weighted by Crippen LogP contribution is -2.12. The summed E-state index contributed by atoms with van der Waals surface area (Å²) in [4.78, 5) is 0. The van der Waals surface area contributed by atoms with Crippen LogP contribution < -0.4 is 5.73 Å². The van der Waals surface area contributed by atoms with Gasteiger partial charge in [0, 0.05) is 16.6 Å². The monoisotopic (exact) mass is 233 g/mol. The van der Waals surface area contributed by atoms with Crippen molar-refractivity contribution in [1.29, 1.82) is 0 Å². The van der Waals surface area contributed by atoms with Crippen LogP contribution in [0.5, 0.6) is 5.75 Å². The van der Waals surface area contributed by atoms with Gasteiger partial charge in [0.05, 0.1) is 0 Å². The quantitative estimate of drug-likeness (QED) is 0.826. The van der Waals surface area contributed by atoms with Crippen molar-refractivity contribution < 1.29 is 5.11 Å². The second kappa shape index (κ2) is 4.39. The van der Waals surface area contributed by atoms with Gasteiger partial charge in [-0.3, -0.25) is 0 Å². The van der Waals surface area contributed by atoms with Gasteiger partial charge in [-0.1, -0.05) is 11.6 Å². The second-order valence-corrected chi connectivity index (χ2v) is 4.00. The molecule has 1 aromatic rings. The van der Waals surface area contributed by atoms with Crippen molar-refractivity contribution >= 4 is 24.0 Å². The minimum absolute atomic E-state index is 0. The Morgan fingerprint density at radius 2 is 2.07 bits per heavy atom. The standard InChI is InChI=1S/C10H12ClNO.ClH/c11-7-3-4-9(13)8(5-7)10(12)6-1-2-6;/h3-6,10,13H,1-2,12H2;1H/t10-;/m0./s1. The zero-order chi connectivity index (χ0) is 9.42. The summed E-state index contributed by atoms with van der Waals surface area (Å²) in [7, 11) is 0. The highest BCUT2D eigenvalue weighted by Gasteiger charge is 2.30. The third-order valence-corrected chi connectivity index (χ3v) is 2.71. The van der Waals surface area contributed by atoms with E-state index in [1.165, 1.54) is 0 Å². The lowest BCUT2D eigenvalue weighted by atomic mass is 10.0. The molecule has 1 saturated carbocycles. The Labute approximate surface area is 94.5 Å². The fourth-order valence-electron chi connectivity index (χ4n) is 1.50. The first-order valence-corrected chi connectivity index (χ1v) is 4.80. The van der Waals surface area contributed by atoms with E-state index in [1.807, 2.05) is 0 Å². The zero-order valence-corrected chi connectivity index (χ0v) is 9.18. The molecule has 0 bridgehead atoms. The molecular weight excluding hydrogens is 221 g/mol. The Hall–Kier alpha value is -0.440. The summed E-state index contributed by atoms with van der Waals surface area (Å²) < 4.78 is 0. The SMILES string of the molecule is Cl.N[C@H](c1cc(Cl)ccc1O)C1CC1. The molecule has 4 heteroatoms. The van der Waals surface area contributed by atoms with Crippen LogP contribution >= 0.6 is 24.0 Å². The molecule has 1 aromatic carbocycles. The first-order chi connectivity index (χ1) is 6.18. The first-order valence-electron chi connectivity index (χ1n) is 4.42. The van der Waals surface area contributed by atoms with Crippen molar-refractivity contribution in [2.75, 3.05) is 0 Å². The predicted molar refractivity (Wildman–Crippen MR) is 60.0 cm³/mol. The molecule has 0 radical (unpaired) electrons. The number of halogens is 2. The van der Waals surface area contributed by atoms with Crippen molar-refractivity contribution in [2.24, 2.45) is 11.7 Å². The van der Waals surface area contributed by atoms with E-state index in [2.05, 4.69) is 0 Å². The number of nitrogens with two attached hydrogens (primary N) is 1. The molecule has 0 amide bonds. The second-order valence-electron chi connectivity index (χ2n) is 3.57. The number of phenols is 1. The first kappa shape index (κ1) is 11.6. The van der Waals surface area contributed by atoms with Gasteiger partial charge in [0.25, 0.3) is 0 Å². The van der Waals surface area contributed by atoms with Gasteiger partial charge in [0.15, 0.2) is 0 Å². The molecule has 2 nitrogen and oxygen atoms in total. The van der Waals surface area contributed by atoms with Gasteiger partial charge in [0.1, 0.15) is 5.75 Å². The molecule has 1 aliphatic rings. The summed E-state index contributed by atoms with van der Waals surface area (Å²) in [5.41, 5.74) is 6.72. The fraction of sp³-hybridized carbons (Fsp3) is 0.400. The van der Waals surface area contributed by atoms with Crippen LogP contribution in [-0.2, 0) is 0 Å². The molecule has 2 rings (SSSR count). The van der Waals surface area contributed by atoms with Crippen LogP contribution in [0.4, 0.5) is 0 Å². The lowest BCUT2D eigenvalue weighted by molar-refractivity contribution is 0.456. The minimum Gasteiger partial charge on any atom is -0.508 e. The summed E-state index contributed by atoms with van der Waals surface area (Å²) in [6, 6.07) is 4.96. The van der Waals surface area contributed by atoms with E-state index < -0.39 is 0 Å². The number of hydrogen-bond acceptors (Lipinski definition) is 2. The number of benzene rings is 1. The van der Waals surface area contributed by atoms with E-state index >= 15 is 0 Å². The van der Waals surface area contributed by atoms with E-state index in [4.69, 9.17) is 17.3 Å². The Morgan fingerprint density at radius 3 is 2.64 bits per heavy atom. The molecular formula is C10H13Cl2NO. The zero-order valence-electron chi connectivity index (χ0n) is 7.61. The van der Waals surface area contributed by atoms with Gasteiger partial charge in [-0.2, -0.15) is 0 Å². The molecule has 14 heavy (non-hydrogen) atoms. The maximum Gasteiger partial charge on any atom is 0.120 e. The van der Waals surface area contributed by atoms with Gasteiger partial charge in [-0.15, -0.1) is 12.4 Å². The Bertz CT molecular complexity index is 326. The predicted octanol–water partition coefficient (Wildman–Crippen LogP) is 2.88. The van der Waals surface area contributed by atoms with Gasteiger partial charge in [-0.05, 0) is 37.0 Å². The minimum atomic E-state index is -0.0568. The van der Waals surface area contributed by atoms with Gasteiger partial charge in [0.2, 0.25) is 0 Å². The number of aromatic hydroxyl groups is 1. The molecule has 0 heterocycles. The summed E-state index contributed by atoms with van der Waals surface area (Å²) in [6.07, 6.45) is 2.32. The third-order valence-electron chi connectivity index (χ3n) is 2.48. The molecule has 0 aromatic heterocycles. The Kier molecular flexibility index (Phi) is 3.65. The van der Waals surface area contributed by atoms with Crippen LogP contribution in [0.25, 0.3) is 0 Å². The molecule has 0 saturated heterocycles. The Morgan fingerprint density at radius 1 is 1.43 bits per heavy atom. The van der Waals surface area contributed by atoms with Crippen LogP contribution in [0, 0.1) is 5.92 Å². The maximum absolute atomic E-state index is 9.54. The molecule has 3 N–H and O–H groups in total. The molecule has 1 aliphatic carbocycles. The molecule has 0 unspecified atom stereocenters. The smallest absolute Gasteiger partial charge is 0.120 e. The molecule has 1 atom stereocenters. The highest BCUT2D eigenvalue weighted by molar-refractivity contribution is 6.30. The van der Waals surface area contributed by atoms with Crippen LogP contribution in [0.15, 0.2) is 18.2 Å². The molecule has 1 fully saturated rings. The van der Waals surface area contributed by atoms with Crippen molar-refractivity contribution in [3.8, 4) is 5.75 Å². The average molecular weight is 234 g/mol. The van der Waals surface area contributed by atoms with Gasteiger partial charge in [-0.25, -0.2) is 0 Å². The topological polar surface area (TPSA) is 46.2 Å². The highest BCUT2D eigenvalue weighted by Crippen LogP contribution is 2.42. The average Bonchev–Trinajstić information content (AvgIpc) is 2.91. The highest BCUT2D eigenvalue weighted by atomic mass is 35.5. The summed E-state index contributed by atoms with van der Waals surface area (Å²) in [5, 5.41) is 10.2. The molecule has 78 valence electrons. The van der Waals surface area contributed by atoms with E-state index in [9.17, 15) is 5.11 Å². The van der Waals surface area contributed by atoms with E-state index in [-0.39, 0.29) is 24.2 Å². The largest absolute Gasteiger partial charge is 0.508 e.